The van der Waals surface area contributed by atoms with Crippen LogP contribution in [0.3, 0.4) is 0 Å². The molecule has 0 amide bonds. The Hall–Kier alpha value is -0.130. The number of likely N-dealkylation sites (N-methyl/N-ethyl adjacent to an activating group) is 1. The number of hydrogen-bond donors (Lipinski definition) is 1. The summed E-state index contributed by atoms with van der Waals surface area (Å²) in [5.41, 5.74) is 5.84. The van der Waals surface area contributed by atoms with Crippen molar-refractivity contribution in [3.63, 3.8) is 0 Å². The lowest BCUT2D eigenvalue weighted by Gasteiger charge is -2.26. The zero-order valence-electron chi connectivity index (χ0n) is 9.65. The average molecular weight is 234 g/mol. The summed E-state index contributed by atoms with van der Waals surface area (Å²) in [6, 6.07) is -0.187. The van der Waals surface area contributed by atoms with Gasteiger partial charge in [-0.1, -0.05) is 19.8 Å². The van der Waals surface area contributed by atoms with Gasteiger partial charge in [-0.05, 0) is 20.0 Å². The topological polar surface area (TPSA) is 63.4 Å². The van der Waals surface area contributed by atoms with E-state index in [1.165, 1.54) is 12.8 Å². The highest BCUT2D eigenvalue weighted by molar-refractivity contribution is 7.91. The molecule has 90 valence electrons. The predicted molar refractivity (Wildman–Crippen MR) is 62.6 cm³/mol. The molecule has 0 spiro atoms. The standard InChI is InChI=1S/C10H22N2O2S/c1-3-4-5-6-12(2)10-8-15(13,14)7-9(10)11/h9-10H,3-8,11H2,1-2H3. The Morgan fingerprint density at radius 2 is 2.00 bits per heavy atom. The smallest absolute Gasteiger partial charge is 0.153 e. The summed E-state index contributed by atoms with van der Waals surface area (Å²) in [7, 11) is -0.914. The molecular formula is C10H22N2O2S. The minimum atomic E-state index is -2.89. The van der Waals surface area contributed by atoms with Gasteiger partial charge in [0.15, 0.2) is 9.84 Å². The largest absolute Gasteiger partial charge is 0.325 e. The molecule has 0 saturated carbocycles. The van der Waals surface area contributed by atoms with Crippen LogP contribution in [0.5, 0.6) is 0 Å². The highest BCUT2D eigenvalue weighted by atomic mass is 32.2. The van der Waals surface area contributed by atoms with Crippen LogP contribution in [-0.2, 0) is 9.84 Å². The van der Waals surface area contributed by atoms with Gasteiger partial charge in [-0.25, -0.2) is 8.42 Å². The Labute approximate surface area is 92.7 Å². The first kappa shape index (κ1) is 12.9. The van der Waals surface area contributed by atoms with Crippen molar-refractivity contribution in [2.75, 3.05) is 25.1 Å². The minimum absolute atomic E-state index is 0.0202. The summed E-state index contributed by atoms with van der Waals surface area (Å²) < 4.78 is 22.8. The molecule has 1 aliphatic rings. The molecule has 0 radical (unpaired) electrons. The van der Waals surface area contributed by atoms with Crippen LogP contribution in [0.2, 0.25) is 0 Å². The molecule has 0 aromatic carbocycles. The molecule has 0 bridgehead atoms. The zero-order chi connectivity index (χ0) is 11.5. The molecule has 0 aromatic heterocycles. The van der Waals surface area contributed by atoms with Crippen molar-refractivity contribution in [2.24, 2.45) is 5.73 Å². The summed E-state index contributed by atoms with van der Waals surface area (Å²) in [6.07, 6.45) is 3.50. The molecule has 0 aliphatic carbocycles. The molecule has 4 nitrogen and oxygen atoms in total. The number of sulfone groups is 1. The molecule has 1 fully saturated rings. The Balaban J connectivity index is 2.43. The maximum absolute atomic E-state index is 11.4. The van der Waals surface area contributed by atoms with Gasteiger partial charge in [0.25, 0.3) is 0 Å². The molecule has 15 heavy (non-hydrogen) atoms. The number of rotatable bonds is 5. The van der Waals surface area contributed by atoms with E-state index in [-0.39, 0.29) is 23.6 Å². The van der Waals surface area contributed by atoms with E-state index in [0.29, 0.717) is 0 Å². The van der Waals surface area contributed by atoms with Gasteiger partial charge in [0.1, 0.15) is 0 Å². The van der Waals surface area contributed by atoms with Gasteiger partial charge in [0, 0.05) is 12.1 Å². The van der Waals surface area contributed by atoms with Crippen LogP contribution in [0.1, 0.15) is 26.2 Å². The summed E-state index contributed by atoms with van der Waals surface area (Å²) in [4.78, 5) is 2.10. The highest BCUT2D eigenvalue weighted by Crippen LogP contribution is 2.16. The highest BCUT2D eigenvalue weighted by Gasteiger charge is 2.37. The van der Waals surface area contributed by atoms with E-state index in [4.69, 9.17) is 5.73 Å². The van der Waals surface area contributed by atoms with Gasteiger partial charge in [-0.15, -0.1) is 0 Å². The van der Waals surface area contributed by atoms with Gasteiger partial charge in [-0.2, -0.15) is 0 Å². The van der Waals surface area contributed by atoms with Crippen molar-refractivity contribution in [3.05, 3.63) is 0 Å². The lowest BCUT2D eigenvalue weighted by atomic mass is 10.1. The van der Waals surface area contributed by atoms with E-state index >= 15 is 0 Å². The lowest BCUT2D eigenvalue weighted by molar-refractivity contribution is 0.239. The third kappa shape index (κ3) is 3.74. The van der Waals surface area contributed by atoms with Crippen molar-refractivity contribution in [3.8, 4) is 0 Å². The summed E-state index contributed by atoms with van der Waals surface area (Å²) in [6.45, 7) is 3.10. The van der Waals surface area contributed by atoms with Gasteiger partial charge in [0.2, 0.25) is 0 Å². The molecule has 0 aromatic rings. The van der Waals surface area contributed by atoms with E-state index in [1.807, 2.05) is 7.05 Å². The second-order valence-electron chi connectivity index (χ2n) is 4.50. The first-order valence-corrected chi connectivity index (χ1v) is 7.44. The van der Waals surface area contributed by atoms with Crippen molar-refractivity contribution >= 4 is 9.84 Å². The number of nitrogens with zero attached hydrogens (tertiary/aromatic N) is 1. The first-order chi connectivity index (χ1) is 6.96. The van der Waals surface area contributed by atoms with E-state index < -0.39 is 9.84 Å². The maximum atomic E-state index is 11.4. The third-order valence-electron chi connectivity index (χ3n) is 3.05. The molecule has 1 rings (SSSR count). The Kier molecular flexibility index (Phi) is 4.55. The first-order valence-electron chi connectivity index (χ1n) is 5.62. The quantitative estimate of drug-likeness (QED) is 0.692. The number of hydrogen-bond acceptors (Lipinski definition) is 4. The minimum Gasteiger partial charge on any atom is -0.325 e. The average Bonchev–Trinajstić information content (AvgIpc) is 2.40. The van der Waals surface area contributed by atoms with Crippen LogP contribution in [0.25, 0.3) is 0 Å². The fourth-order valence-electron chi connectivity index (χ4n) is 2.09. The lowest BCUT2D eigenvalue weighted by Crippen LogP contribution is -2.45. The molecule has 1 heterocycles. The SMILES string of the molecule is CCCCCN(C)C1CS(=O)(=O)CC1N. The van der Waals surface area contributed by atoms with Crippen molar-refractivity contribution in [2.45, 2.75) is 38.3 Å². The zero-order valence-corrected chi connectivity index (χ0v) is 10.5. The number of unbranched alkanes of at least 4 members (excludes halogenated alkanes) is 2. The summed E-state index contributed by atoms with van der Waals surface area (Å²) in [5.74, 6) is 0.382. The molecule has 1 aliphatic heterocycles. The summed E-state index contributed by atoms with van der Waals surface area (Å²) in [5, 5.41) is 0. The Morgan fingerprint density at radius 3 is 2.47 bits per heavy atom. The van der Waals surface area contributed by atoms with Crippen LogP contribution in [-0.4, -0.2) is 50.5 Å². The second kappa shape index (κ2) is 5.27. The van der Waals surface area contributed by atoms with Crippen LogP contribution in [0, 0.1) is 0 Å². The van der Waals surface area contributed by atoms with Crippen molar-refractivity contribution < 1.29 is 8.42 Å². The molecular weight excluding hydrogens is 212 g/mol. The van der Waals surface area contributed by atoms with Crippen molar-refractivity contribution in [1.82, 2.24) is 4.90 Å². The van der Waals surface area contributed by atoms with Crippen LogP contribution in [0.15, 0.2) is 0 Å². The fraction of sp³-hybridized carbons (Fsp3) is 1.00. The molecule has 5 heteroatoms. The van der Waals surface area contributed by atoms with E-state index in [1.54, 1.807) is 0 Å². The second-order valence-corrected chi connectivity index (χ2v) is 6.65. The third-order valence-corrected chi connectivity index (χ3v) is 4.79. The van der Waals surface area contributed by atoms with Gasteiger partial charge in [0.05, 0.1) is 11.5 Å². The Bertz CT molecular complexity index is 290. The molecule has 2 N–H and O–H groups in total. The normalized spacial score (nSPS) is 29.9. The van der Waals surface area contributed by atoms with Crippen LogP contribution < -0.4 is 5.73 Å². The Morgan fingerprint density at radius 1 is 1.33 bits per heavy atom. The van der Waals surface area contributed by atoms with Crippen LogP contribution >= 0.6 is 0 Å². The fourth-order valence-corrected chi connectivity index (χ4v) is 4.05. The molecule has 1 saturated heterocycles. The van der Waals surface area contributed by atoms with Gasteiger partial charge >= 0.3 is 0 Å². The molecule has 2 unspecified atom stereocenters. The predicted octanol–water partition coefficient (Wildman–Crippen LogP) is 0.233. The summed E-state index contributed by atoms with van der Waals surface area (Å²) >= 11 is 0. The molecule has 2 atom stereocenters. The van der Waals surface area contributed by atoms with Crippen molar-refractivity contribution in [1.29, 1.82) is 0 Å². The van der Waals surface area contributed by atoms with Gasteiger partial charge < -0.3 is 10.6 Å². The maximum Gasteiger partial charge on any atom is 0.153 e. The van der Waals surface area contributed by atoms with E-state index in [2.05, 4.69) is 11.8 Å². The number of nitrogens with two attached hydrogens (primary N) is 1. The van der Waals surface area contributed by atoms with Crippen LogP contribution in [0.4, 0.5) is 0 Å². The monoisotopic (exact) mass is 234 g/mol. The van der Waals surface area contributed by atoms with E-state index in [0.717, 1.165) is 13.0 Å². The van der Waals surface area contributed by atoms with E-state index in [9.17, 15) is 8.42 Å². The van der Waals surface area contributed by atoms with Gasteiger partial charge in [-0.3, -0.25) is 0 Å².